The van der Waals surface area contributed by atoms with E-state index in [4.69, 9.17) is 4.84 Å². The molecule has 0 spiro atoms. The van der Waals surface area contributed by atoms with Gasteiger partial charge < -0.3 is 0 Å². The number of rotatable bonds is 4. The average Bonchev–Trinajstić information content (AvgIpc) is 3.20. The number of hydrogen-bond donors (Lipinski definition) is 0. The van der Waals surface area contributed by atoms with E-state index < -0.39 is 0 Å². The summed E-state index contributed by atoms with van der Waals surface area (Å²) in [5, 5.41) is 9.97. The topological polar surface area (TPSA) is 81.1 Å². The first-order valence-corrected chi connectivity index (χ1v) is 9.72. The number of aryl methyl sites for hydroxylation is 1. The maximum Gasteiger partial charge on any atom is 0.249 e. The van der Waals surface area contributed by atoms with Crippen molar-refractivity contribution in [3.05, 3.63) is 47.8 Å². The lowest BCUT2D eigenvalue weighted by Crippen LogP contribution is -2.37. The van der Waals surface area contributed by atoms with E-state index in [9.17, 15) is 4.79 Å². The van der Waals surface area contributed by atoms with Gasteiger partial charge in [-0.25, -0.2) is 5.06 Å². The first-order chi connectivity index (χ1) is 13.2. The second-order valence-corrected chi connectivity index (χ2v) is 7.52. The lowest BCUT2D eigenvalue weighted by molar-refractivity contribution is -0.183. The minimum Gasteiger partial charge on any atom is -0.272 e. The molecule has 1 aliphatic heterocycles. The molecule has 7 heteroatoms. The third-order valence-electron chi connectivity index (χ3n) is 5.59. The van der Waals surface area contributed by atoms with Crippen LogP contribution in [-0.4, -0.2) is 37.7 Å². The Kier molecular flexibility index (Phi) is 5.38. The molecule has 142 valence electrons. The molecule has 2 aliphatic rings. The van der Waals surface area contributed by atoms with Crippen LogP contribution in [0.3, 0.4) is 0 Å². The van der Waals surface area contributed by atoms with Crippen molar-refractivity contribution in [3.8, 4) is 0 Å². The second-order valence-electron chi connectivity index (χ2n) is 7.52. The van der Waals surface area contributed by atoms with Crippen LogP contribution in [0, 0.1) is 18.8 Å². The Balaban J connectivity index is 1.33. The number of amides is 1. The van der Waals surface area contributed by atoms with E-state index in [1.807, 2.05) is 13.0 Å². The molecule has 3 heterocycles. The average molecular weight is 367 g/mol. The summed E-state index contributed by atoms with van der Waals surface area (Å²) in [6, 6.07) is 3.95. The molecule has 2 aromatic heterocycles. The van der Waals surface area contributed by atoms with Crippen molar-refractivity contribution in [1.82, 2.24) is 25.2 Å². The Morgan fingerprint density at radius 3 is 2.70 bits per heavy atom. The Morgan fingerprint density at radius 1 is 1.15 bits per heavy atom. The second kappa shape index (κ2) is 8.08. The van der Waals surface area contributed by atoms with Crippen LogP contribution in [-0.2, 0) is 16.1 Å². The van der Waals surface area contributed by atoms with Crippen LogP contribution in [0.2, 0.25) is 0 Å². The van der Waals surface area contributed by atoms with E-state index in [1.165, 1.54) is 0 Å². The van der Waals surface area contributed by atoms with Gasteiger partial charge in [-0.05, 0) is 57.1 Å². The summed E-state index contributed by atoms with van der Waals surface area (Å²) in [7, 11) is 0. The lowest BCUT2D eigenvalue weighted by Gasteiger charge is -2.31. The molecular weight excluding hydrogens is 342 g/mol. The lowest BCUT2D eigenvalue weighted by atomic mass is 9.79. The predicted octanol–water partition coefficient (Wildman–Crippen LogP) is 2.83. The summed E-state index contributed by atoms with van der Waals surface area (Å²) in [6.45, 7) is 2.50. The van der Waals surface area contributed by atoms with Crippen molar-refractivity contribution in [2.24, 2.45) is 11.8 Å². The molecule has 0 aromatic carbocycles. The first-order valence-electron chi connectivity index (χ1n) is 9.72. The zero-order valence-corrected chi connectivity index (χ0v) is 15.6. The number of hydroxylamine groups is 2. The molecule has 0 bridgehead atoms. The van der Waals surface area contributed by atoms with Crippen LogP contribution in [0.5, 0.6) is 0 Å². The molecule has 1 aliphatic carbocycles. The van der Waals surface area contributed by atoms with Gasteiger partial charge in [0.1, 0.15) is 6.04 Å². The maximum absolute atomic E-state index is 13.0. The molecule has 2 aromatic rings. The van der Waals surface area contributed by atoms with Gasteiger partial charge in [0.2, 0.25) is 5.91 Å². The summed E-state index contributed by atoms with van der Waals surface area (Å²) in [5.74, 6) is 0.695. The summed E-state index contributed by atoms with van der Waals surface area (Å²) < 4.78 is 0. The Bertz CT molecular complexity index is 760. The van der Waals surface area contributed by atoms with Gasteiger partial charge in [0.05, 0.1) is 29.9 Å². The highest BCUT2D eigenvalue weighted by atomic mass is 16.7. The summed E-state index contributed by atoms with van der Waals surface area (Å²) in [5.41, 5.74) is 2.78. The van der Waals surface area contributed by atoms with Crippen molar-refractivity contribution in [3.63, 3.8) is 0 Å². The highest BCUT2D eigenvalue weighted by Gasteiger charge is 2.37. The third kappa shape index (κ3) is 4.13. The van der Waals surface area contributed by atoms with Crippen LogP contribution >= 0.6 is 0 Å². The molecule has 0 radical (unpaired) electrons. The highest BCUT2D eigenvalue weighted by molar-refractivity contribution is 5.78. The van der Waals surface area contributed by atoms with E-state index in [-0.39, 0.29) is 17.9 Å². The van der Waals surface area contributed by atoms with E-state index in [0.717, 1.165) is 55.6 Å². The van der Waals surface area contributed by atoms with E-state index >= 15 is 0 Å². The minimum absolute atomic E-state index is 0.0302. The van der Waals surface area contributed by atoms with Gasteiger partial charge in [0, 0.05) is 24.7 Å². The molecular formula is C20H25N5O2. The fraction of sp³-hybridized carbons (Fsp3) is 0.550. The SMILES string of the molecule is Cc1ccc(C[C@H]2CC[C@H](C(=O)N3OCC[C@H]3c3cnccn3)CC2)nn1. The Labute approximate surface area is 159 Å². The number of carbonyl (C=O) groups excluding carboxylic acids is 1. The van der Waals surface area contributed by atoms with E-state index in [0.29, 0.717) is 12.5 Å². The van der Waals surface area contributed by atoms with Crippen LogP contribution < -0.4 is 0 Å². The van der Waals surface area contributed by atoms with Gasteiger partial charge in [-0.15, -0.1) is 0 Å². The monoisotopic (exact) mass is 367 g/mol. The Morgan fingerprint density at radius 2 is 2.00 bits per heavy atom. The molecule has 2 fully saturated rings. The molecule has 0 N–H and O–H groups in total. The molecule has 1 amide bonds. The van der Waals surface area contributed by atoms with Gasteiger partial charge in [0.15, 0.2) is 0 Å². The zero-order chi connectivity index (χ0) is 18.6. The van der Waals surface area contributed by atoms with Crippen molar-refractivity contribution in [2.75, 3.05) is 6.61 Å². The zero-order valence-electron chi connectivity index (χ0n) is 15.6. The number of carbonyl (C=O) groups is 1. The van der Waals surface area contributed by atoms with Gasteiger partial charge in [0.25, 0.3) is 0 Å². The van der Waals surface area contributed by atoms with Crippen molar-refractivity contribution in [1.29, 1.82) is 0 Å². The van der Waals surface area contributed by atoms with E-state index in [1.54, 1.807) is 23.7 Å². The molecule has 1 saturated heterocycles. The number of aromatic nitrogens is 4. The predicted molar refractivity (Wildman–Crippen MR) is 98.1 cm³/mol. The van der Waals surface area contributed by atoms with Crippen LogP contribution in [0.15, 0.2) is 30.7 Å². The summed E-state index contributed by atoms with van der Waals surface area (Å²) in [4.78, 5) is 27.2. The largest absolute Gasteiger partial charge is 0.272 e. The third-order valence-corrected chi connectivity index (χ3v) is 5.59. The van der Waals surface area contributed by atoms with Crippen LogP contribution in [0.1, 0.15) is 55.2 Å². The molecule has 7 nitrogen and oxygen atoms in total. The van der Waals surface area contributed by atoms with Gasteiger partial charge >= 0.3 is 0 Å². The first kappa shape index (κ1) is 18.0. The molecule has 1 saturated carbocycles. The molecule has 1 atom stereocenters. The van der Waals surface area contributed by atoms with Gasteiger partial charge in [-0.3, -0.25) is 19.6 Å². The summed E-state index contributed by atoms with van der Waals surface area (Å²) >= 11 is 0. The van der Waals surface area contributed by atoms with Gasteiger partial charge in [-0.2, -0.15) is 10.2 Å². The summed E-state index contributed by atoms with van der Waals surface area (Å²) in [6.07, 6.45) is 10.6. The number of hydrogen-bond acceptors (Lipinski definition) is 6. The number of nitrogens with zero attached hydrogens (tertiary/aromatic N) is 5. The molecule has 27 heavy (non-hydrogen) atoms. The highest BCUT2D eigenvalue weighted by Crippen LogP contribution is 2.36. The Hall–Kier alpha value is -2.41. The quantitative estimate of drug-likeness (QED) is 0.826. The van der Waals surface area contributed by atoms with Crippen molar-refractivity contribution < 1.29 is 9.63 Å². The maximum atomic E-state index is 13.0. The van der Waals surface area contributed by atoms with Crippen molar-refractivity contribution >= 4 is 5.91 Å². The van der Waals surface area contributed by atoms with Crippen molar-refractivity contribution in [2.45, 2.75) is 51.5 Å². The van der Waals surface area contributed by atoms with Gasteiger partial charge in [-0.1, -0.05) is 0 Å². The minimum atomic E-state index is -0.119. The normalized spacial score (nSPS) is 25.5. The van der Waals surface area contributed by atoms with E-state index in [2.05, 4.69) is 26.2 Å². The van der Waals surface area contributed by atoms with Crippen LogP contribution in [0.4, 0.5) is 0 Å². The smallest absolute Gasteiger partial charge is 0.249 e. The fourth-order valence-electron chi connectivity index (χ4n) is 4.06. The standard InChI is InChI=1S/C20H25N5O2/c1-14-2-7-17(24-23-14)12-15-3-5-16(6-4-15)20(26)25-19(8-11-27-25)18-13-21-9-10-22-18/h2,7,9-10,13,15-16,19H,3-6,8,11-12H2,1H3/t15-,16-,19-/m0/s1. The molecule has 4 rings (SSSR count). The fourth-order valence-corrected chi connectivity index (χ4v) is 4.06. The van der Waals surface area contributed by atoms with Crippen LogP contribution in [0.25, 0.3) is 0 Å². The molecule has 0 unspecified atom stereocenters.